The predicted octanol–water partition coefficient (Wildman–Crippen LogP) is 4.56. The molecule has 5 heteroatoms. The van der Waals surface area contributed by atoms with E-state index in [1.54, 1.807) is 11.3 Å². The van der Waals surface area contributed by atoms with Gasteiger partial charge in [-0.3, -0.25) is 0 Å². The average molecular weight is 348 g/mol. The molecule has 102 valence electrons. The molecule has 2 heterocycles. The smallest absolute Gasteiger partial charge is 0.132 e. The Labute approximate surface area is 130 Å². The highest BCUT2D eigenvalue weighted by Crippen LogP contribution is 2.24. The topological polar surface area (TPSA) is 38.7 Å². The third kappa shape index (κ3) is 2.88. The molecule has 20 heavy (non-hydrogen) atoms. The van der Waals surface area contributed by atoms with Crippen molar-refractivity contribution in [3.05, 3.63) is 51.5 Å². The van der Waals surface area contributed by atoms with Crippen LogP contribution >= 0.6 is 27.3 Å². The first-order valence-corrected chi connectivity index (χ1v) is 8.10. The van der Waals surface area contributed by atoms with Crippen LogP contribution in [0.3, 0.4) is 0 Å². The zero-order chi connectivity index (χ0) is 14.1. The fourth-order valence-corrected chi connectivity index (χ4v) is 3.41. The second-order valence-corrected chi connectivity index (χ2v) is 6.87. The number of para-hydroxylation sites is 1. The second-order valence-electron chi connectivity index (χ2n) is 4.95. The molecule has 3 nitrogen and oxygen atoms in total. The summed E-state index contributed by atoms with van der Waals surface area (Å²) in [6.07, 6.45) is 0.750. The van der Waals surface area contributed by atoms with Gasteiger partial charge in [0.15, 0.2) is 0 Å². The number of hydrogen-bond acceptors (Lipinski definition) is 4. The minimum absolute atomic E-state index is 0.321. The largest absolute Gasteiger partial charge is 0.241 e. The summed E-state index contributed by atoms with van der Waals surface area (Å²) in [4.78, 5) is 13.7. The van der Waals surface area contributed by atoms with Crippen molar-refractivity contribution in [2.24, 2.45) is 0 Å². The number of rotatable bonds is 3. The Kier molecular flexibility index (Phi) is 3.81. The van der Waals surface area contributed by atoms with E-state index < -0.39 is 0 Å². The first-order chi connectivity index (χ1) is 9.61. The Bertz CT molecular complexity index is 719. The average Bonchev–Trinajstić information content (AvgIpc) is 2.79. The molecule has 0 unspecified atom stereocenters. The maximum Gasteiger partial charge on any atom is 0.132 e. The van der Waals surface area contributed by atoms with Crippen LogP contribution in [0.2, 0.25) is 0 Å². The Morgan fingerprint density at radius 2 is 1.95 bits per heavy atom. The van der Waals surface area contributed by atoms with Crippen molar-refractivity contribution in [2.75, 3.05) is 0 Å². The van der Waals surface area contributed by atoms with Crippen LogP contribution in [-0.2, 0) is 6.42 Å². The van der Waals surface area contributed by atoms with Crippen LogP contribution in [0.15, 0.2) is 34.9 Å². The van der Waals surface area contributed by atoms with Crippen molar-refractivity contribution in [3.8, 4) is 0 Å². The lowest BCUT2D eigenvalue weighted by Gasteiger charge is -2.06. The van der Waals surface area contributed by atoms with E-state index in [9.17, 15) is 0 Å². The summed E-state index contributed by atoms with van der Waals surface area (Å²) in [7, 11) is 0. The number of nitrogens with zero attached hydrogens (tertiary/aromatic N) is 3. The molecule has 0 spiro atoms. The van der Waals surface area contributed by atoms with Gasteiger partial charge in [0, 0.05) is 12.3 Å². The molecule has 3 aromatic rings. The van der Waals surface area contributed by atoms with Crippen LogP contribution in [0.25, 0.3) is 10.2 Å². The third-order valence-electron chi connectivity index (χ3n) is 2.95. The van der Waals surface area contributed by atoms with E-state index in [-0.39, 0.29) is 0 Å². The summed E-state index contributed by atoms with van der Waals surface area (Å²) in [6, 6.07) is 10.2. The normalized spacial score (nSPS) is 11.4. The molecule has 3 rings (SSSR count). The summed E-state index contributed by atoms with van der Waals surface area (Å²) in [5, 5.41) is 1.09. The molecular weight excluding hydrogens is 334 g/mol. The van der Waals surface area contributed by atoms with Gasteiger partial charge in [-0.15, -0.1) is 11.3 Å². The second kappa shape index (κ2) is 5.58. The van der Waals surface area contributed by atoms with Gasteiger partial charge in [-0.05, 0) is 34.1 Å². The minimum Gasteiger partial charge on any atom is -0.241 e. The fourth-order valence-electron chi connectivity index (χ4n) is 1.98. The van der Waals surface area contributed by atoms with Crippen molar-refractivity contribution in [1.82, 2.24) is 15.0 Å². The van der Waals surface area contributed by atoms with E-state index in [4.69, 9.17) is 0 Å². The van der Waals surface area contributed by atoms with Gasteiger partial charge in [-0.2, -0.15) is 0 Å². The number of halogens is 1. The Morgan fingerprint density at radius 1 is 1.15 bits per heavy atom. The standard InChI is InChI=1S/C15H14BrN3S/c1-9(2)15-17-10(7-13(16)19-15)8-14-18-11-5-3-4-6-12(11)20-14/h3-7,9H,8H2,1-2H3. The highest BCUT2D eigenvalue weighted by molar-refractivity contribution is 9.10. The van der Waals surface area contributed by atoms with Gasteiger partial charge >= 0.3 is 0 Å². The van der Waals surface area contributed by atoms with E-state index in [1.807, 2.05) is 24.3 Å². The van der Waals surface area contributed by atoms with Crippen LogP contribution in [0, 0.1) is 0 Å². The van der Waals surface area contributed by atoms with Gasteiger partial charge in [0.1, 0.15) is 10.4 Å². The van der Waals surface area contributed by atoms with Gasteiger partial charge in [-0.1, -0.05) is 26.0 Å². The molecule has 0 radical (unpaired) electrons. The van der Waals surface area contributed by atoms with E-state index in [1.165, 1.54) is 4.70 Å². The summed E-state index contributed by atoms with van der Waals surface area (Å²) < 4.78 is 2.06. The lowest BCUT2D eigenvalue weighted by Crippen LogP contribution is -2.02. The van der Waals surface area contributed by atoms with E-state index in [2.05, 4.69) is 50.8 Å². The van der Waals surface area contributed by atoms with Crippen LogP contribution in [0.5, 0.6) is 0 Å². The van der Waals surface area contributed by atoms with Crippen LogP contribution in [0.4, 0.5) is 0 Å². The molecule has 0 N–H and O–H groups in total. The Balaban J connectivity index is 1.94. The molecule has 0 aliphatic carbocycles. The predicted molar refractivity (Wildman–Crippen MR) is 86.2 cm³/mol. The maximum atomic E-state index is 4.65. The van der Waals surface area contributed by atoms with Crippen LogP contribution in [-0.4, -0.2) is 15.0 Å². The molecule has 0 bridgehead atoms. The summed E-state index contributed by atoms with van der Waals surface area (Å²) in [5.74, 6) is 1.19. The molecule has 1 aromatic carbocycles. The lowest BCUT2D eigenvalue weighted by molar-refractivity contribution is 0.755. The number of hydrogen-bond donors (Lipinski definition) is 0. The highest BCUT2D eigenvalue weighted by atomic mass is 79.9. The van der Waals surface area contributed by atoms with Crippen molar-refractivity contribution in [1.29, 1.82) is 0 Å². The van der Waals surface area contributed by atoms with E-state index >= 15 is 0 Å². The molecule has 0 aliphatic rings. The van der Waals surface area contributed by atoms with Gasteiger partial charge < -0.3 is 0 Å². The van der Waals surface area contributed by atoms with Gasteiger partial charge in [0.05, 0.1) is 20.9 Å². The monoisotopic (exact) mass is 347 g/mol. The lowest BCUT2D eigenvalue weighted by atomic mass is 10.2. The van der Waals surface area contributed by atoms with Gasteiger partial charge in [0.25, 0.3) is 0 Å². The molecule has 0 aliphatic heterocycles. The van der Waals surface area contributed by atoms with Crippen molar-refractivity contribution < 1.29 is 0 Å². The minimum atomic E-state index is 0.321. The van der Waals surface area contributed by atoms with Gasteiger partial charge in [-0.25, -0.2) is 15.0 Å². The molecule has 0 saturated carbocycles. The van der Waals surface area contributed by atoms with Crippen LogP contribution < -0.4 is 0 Å². The highest BCUT2D eigenvalue weighted by Gasteiger charge is 2.10. The molecule has 0 atom stereocenters. The quantitative estimate of drug-likeness (QED) is 0.651. The molecular formula is C15H14BrN3S. The third-order valence-corrected chi connectivity index (χ3v) is 4.39. The molecule has 0 fully saturated rings. The van der Waals surface area contributed by atoms with Crippen molar-refractivity contribution in [3.63, 3.8) is 0 Å². The summed E-state index contributed by atoms with van der Waals surface area (Å²) in [6.45, 7) is 4.20. The molecule has 2 aromatic heterocycles. The first kappa shape index (κ1) is 13.6. The number of benzene rings is 1. The summed E-state index contributed by atoms with van der Waals surface area (Å²) >= 11 is 5.19. The zero-order valence-electron chi connectivity index (χ0n) is 11.3. The maximum absolute atomic E-state index is 4.65. The van der Waals surface area contributed by atoms with Crippen molar-refractivity contribution >= 4 is 37.5 Å². The SMILES string of the molecule is CC(C)c1nc(Br)cc(Cc2nc3ccccc3s2)n1. The number of fused-ring (bicyclic) bond motifs is 1. The first-order valence-electron chi connectivity index (χ1n) is 6.49. The Hall–Kier alpha value is -1.33. The van der Waals surface area contributed by atoms with Gasteiger partial charge in [0.2, 0.25) is 0 Å². The number of thiazole rings is 1. The van der Waals surface area contributed by atoms with E-state index in [0.29, 0.717) is 5.92 Å². The molecule has 0 amide bonds. The summed E-state index contributed by atoms with van der Waals surface area (Å²) in [5.41, 5.74) is 2.07. The van der Waals surface area contributed by atoms with Crippen molar-refractivity contribution in [2.45, 2.75) is 26.2 Å². The number of aromatic nitrogens is 3. The fraction of sp³-hybridized carbons (Fsp3) is 0.267. The van der Waals surface area contributed by atoms with E-state index in [0.717, 1.165) is 33.1 Å². The molecule has 0 saturated heterocycles. The zero-order valence-corrected chi connectivity index (χ0v) is 13.7. The Morgan fingerprint density at radius 3 is 2.70 bits per heavy atom. The van der Waals surface area contributed by atoms with Crippen LogP contribution in [0.1, 0.15) is 36.3 Å².